The van der Waals surface area contributed by atoms with E-state index in [2.05, 4.69) is 64.3 Å². The molecule has 19 heavy (non-hydrogen) atoms. The third-order valence-electron chi connectivity index (χ3n) is 3.85. The van der Waals surface area contributed by atoms with Crippen molar-refractivity contribution in [1.29, 1.82) is 0 Å². The Hall–Kier alpha value is -1.83. The summed E-state index contributed by atoms with van der Waals surface area (Å²) in [5.74, 6) is 0. The van der Waals surface area contributed by atoms with Gasteiger partial charge in [0, 0.05) is 37.3 Å². The fraction of sp³-hybridized carbons (Fsp3) is 0.353. The normalized spacial score (nSPS) is 14.8. The fourth-order valence-corrected chi connectivity index (χ4v) is 2.69. The van der Waals surface area contributed by atoms with Crippen LogP contribution in [0.4, 0.5) is 5.69 Å². The Labute approximate surface area is 115 Å². The first-order valence-electron chi connectivity index (χ1n) is 7.20. The van der Waals surface area contributed by atoms with Gasteiger partial charge in [0.15, 0.2) is 18.9 Å². The first kappa shape index (κ1) is 12.2. The second kappa shape index (κ2) is 5.87. The van der Waals surface area contributed by atoms with Crippen LogP contribution >= 0.6 is 0 Å². The third-order valence-corrected chi connectivity index (χ3v) is 3.85. The van der Waals surface area contributed by atoms with Gasteiger partial charge in [-0.2, -0.15) is 0 Å². The van der Waals surface area contributed by atoms with Crippen molar-refractivity contribution in [3.63, 3.8) is 0 Å². The Balaban J connectivity index is 1.60. The van der Waals surface area contributed by atoms with Crippen molar-refractivity contribution in [2.45, 2.75) is 25.8 Å². The van der Waals surface area contributed by atoms with Crippen molar-refractivity contribution in [2.75, 3.05) is 18.0 Å². The van der Waals surface area contributed by atoms with Crippen LogP contribution in [-0.2, 0) is 13.0 Å². The van der Waals surface area contributed by atoms with E-state index in [0.717, 1.165) is 13.0 Å². The van der Waals surface area contributed by atoms with Crippen molar-refractivity contribution in [2.24, 2.45) is 0 Å². The van der Waals surface area contributed by atoms with Crippen molar-refractivity contribution in [1.82, 2.24) is 0 Å². The van der Waals surface area contributed by atoms with Crippen LogP contribution in [0, 0.1) is 0 Å². The molecule has 0 radical (unpaired) electrons. The van der Waals surface area contributed by atoms with Gasteiger partial charge in [-0.15, -0.1) is 0 Å². The largest absolute Gasteiger partial charge is 0.371 e. The molecule has 0 atom stereocenters. The lowest BCUT2D eigenvalue weighted by molar-refractivity contribution is -0.696. The van der Waals surface area contributed by atoms with E-state index in [-0.39, 0.29) is 0 Å². The Morgan fingerprint density at radius 1 is 0.895 bits per heavy atom. The highest BCUT2D eigenvalue weighted by Crippen LogP contribution is 2.17. The number of benzene rings is 1. The zero-order chi connectivity index (χ0) is 12.9. The van der Waals surface area contributed by atoms with Gasteiger partial charge in [-0.05, 0) is 18.4 Å². The van der Waals surface area contributed by atoms with Crippen molar-refractivity contribution >= 4 is 5.69 Å². The van der Waals surface area contributed by atoms with E-state index >= 15 is 0 Å². The maximum atomic E-state index is 2.47. The molecule has 0 bridgehead atoms. The first-order valence-corrected chi connectivity index (χ1v) is 7.20. The molecule has 1 aromatic carbocycles. The standard InChI is InChI=1S/C17H21N2/c1-2-6-16(7-3-1)8-13-18-14-9-17(10-15-18)19-11-4-5-12-19/h1-3,6-7,9-10,14-15H,4-5,8,11-13H2/q+1. The van der Waals surface area contributed by atoms with Gasteiger partial charge < -0.3 is 4.90 Å². The molecular formula is C17H21N2+. The minimum Gasteiger partial charge on any atom is -0.371 e. The summed E-state index contributed by atoms with van der Waals surface area (Å²) in [5, 5.41) is 0. The quantitative estimate of drug-likeness (QED) is 0.760. The first-order chi connectivity index (χ1) is 9.42. The van der Waals surface area contributed by atoms with E-state index in [0.29, 0.717) is 0 Å². The fourth-order valence-electron chi connectivity index (χ4n) is 2.69. The zero-order valence-electron chi connectivity index (χ0n) is 11.3. The van der Waals surface area contributed by atoms with E-state index in [9.17, 15) is 0 Å². The molecule has 2 aromatic rings. The average Bonchev–Trinajstić information content (AvgIpc) is 3.01. The van der Waals surface area contributed by atoms with Crippen LogP contribution in [0.15, 0.2) is 54.9 Å². The van der Waals surface area contributed by atoms with Crippen molar-refractivity contribution < 1.29 is 4.57 Å². The van der Waals surface area contributed by atoms with Gasteiger partial charge in [-0.1, -0.05) is 30.3 Å². The Morgan fingerprint density at radius 2 is 1.58 bits per heavy atom. The van der Waals surface area contributed by atoms with Gasteiger partial charge >= 0.3 is 0 Å². The highest BCUT2D eigenvalue weighted by atomic mass is 15.1. The zero-order valence-corrected chi connectivity index (χ0v) is 11.3. The van der Waals surface area contributed by atoms with Crippen LogP contribution in [0.1, 0.15) is 18.4 Å². The summed E-state index contributed by atoms with van der Waals surface area (Å²) >= 11 is 0. The third kappa shape index (κ3) is 3.14. The summed E-state index contributed by atoms with van der Waals surface area (Å²) in [6.07, 6.45) is 8.17. The minimum absolute atomic E-state index is 1.05. The van der Waals surface area contributed by atoms with Crippen LogP contribution in [-0.4, -0.2) is 13.1 Å². The number of nitrogens with zero attached hydrogens (tertiary/aromatic N) is 2. The summed E-state index contributed by atoms with van der Waals surface area (Å²) < 4.78 is 2.27. The molecule has 0 amide bonds. The SMILES string of the molecule is c1ccc(CC[n+]2ccc(N3CCCC3)cc2)cc1. The second-order valence-electron chi connectivity index (χ2n) is 5.22. The van der Waals surface area contributed by atoms with Gasteiger partial charge in [0.05, 0.1) is 0 Å². The molecule has 0 unspecified atom stereocenters. The molecule has 2 heterocycles. The molecule has 2 heteroatoms. The van der Waals surface area contributed by atoms with Gasteiger partial charge in [0.2, 0.25) is 0 Å². The predicted molar refractivity (Wildman–Crippen MR) is 78.2 cm³/mol. The van der Waals surface area contributed by atoms with Crippen LogP contribution < -0.4 is 9.47 Å². The van der Waals surface area contributed by atoms with Crippen LogP contribution in [0.25, 0.3) is 0 Å². The van der Waals surface area contributed by atoms with Gasteiger partial charge in [-0.25, -0.2) is 4.57 Å². The number of pyridine rings is 1. The molecule has 0 saturated carbocycles. The lowest BCUT2D eigenvalue weighted by Crippen LogP contribution is -2.34. The van der Waals surface area contributed by atoms with Gasteiger partial charge in [-0.3, -0.25) is 0 Å². The number of aromatic nitrogens is 1. The van der Waals surface area contributed by atoms with Gasteiger partial charge in [0.25, 0.3) is 0 Å². The van der Waals surface area contributed by atoms with E-state index in [4.69, 9.17) is 0 Å². The molecule has 1 saturated heterocycles. The van der Waals surface area contributed by atoms with Gasteiger partial charge in [0.1, 0.15) is 0 Å². The highest BCUT2D eigenvalue weighted by molar-refractivity contribution is 5.44. The van der Waals surface area contributed by atoms with Crippen LogP contribution in [0.3, 0.4) is 0 Å². The summed E-state index contributed by atoms with van der Waals surface area (Å²) in [7, 11) is 0. The molecular weight excluding hydrogens is 232 g/mol. The lowest BCUT2D eigenvalue weighted by Gasteiger charge is -2.16. The molecule has 0 aliphatic carbocycles. The molecule has 2 nitrogen and oxygen atoms in total. The molecule has 0 N–H and O–H groups in total. The van der Waals surface area contributed by atoms with Crippen LogP contribution in [0.5, 0.6) is 0 Å². The maximum Gasteiger partial charge on any atom is 0.170 e. The summed E-state index contributed by atoms with van der Waals surface area (Å²) in [4.78, 5) is 2.47. The molecule has 1 aromatic heterocycles. The number of anilines is 1. The number of hydrogen-bond donors (Lipinski definition) is 0. The Morgan fingerprint density at radius 3 is 2.26 bits per heavy atom. The van der Waals surface area contributed by atoms with E-state index in [1.807, 2.05) is 0 Å². The van der Waals surface area contributed by atoms with E-state index in [1.54, 1.807) is 0 Å². The molecule has 1 aliphatic rings. The molecule has 3 rings (SSSR count). The summed E-state index contributed by atoms with van der Waals surface area (Å²) in [6, 6.07) is 15.2. The summed E-state index contributed by atoms with van der Waals surface area (Å²) in [6.45, 7) is 3.48. The van der Waals surface area contributed by atoms with E-state index < -0.39 is 0 Å². The Kier molecular flexibility index (Phi) is 3.78. The number of rotatable bonds is 4. The van der Waals surface area contributed by atoms with Crippen molar-refractivity contribution in [3.05, 3.63) is 60.4 Å². The van der Waals surface area contributed by atoms with E-state index in [1.165, 1.54) is 37.2 Å². The number of aryl methyl sites for hydroxylation is 2. The molecule has 0 spiro atoms. The van der Waals surface area contributed by atoms with Crippen molar-refractivity contribution in [3.8, 4) is 0 Å². The number of hydrogen-bond acceptors (Lipinski definition) is 1. The van der Waals surface area contributed by atoms with Crippen LogP contribution in [0.2, 0.25) is 0 Å². The monoisotopic (exact) mass is 253 g/mol. The molecule has 1 aliphatic heterocycles. The topological polar surface area (TPSA) is 7.12 Å². The minimum atomic E-state index is 1.05. The molecule has 98 valence electrons. The second-order valence-corrected chi connectivity index (χ2v) is 5.22. The smallest absolute Gasteiger partial charge is 0.170 e. The Bertz CT molecular complexity index is 499. The maximum absolute atomic E-state index is 2.47. The molecule has 1 fully saturated rings. The highest BCUT2D eigenvalue weighted by Gasteiger charge is 2.13. The average molecular weight is 253 g/mol. The lowest BCUT2D eigenvalue weighted by atomic mass is 10.1. The summed E-state index contributed by atoms with van der Waals surface area (Å²) in [5.41, 5.74) is 2.77. The predicted octanol–water partition coefficient (Wildman–Crippen LogP) is 2.82.